The van der Waals surface area contributed by atoms with Gasteiger partial charge in [-0.05, 0) is 49.7 Å². The first-order valence-corrected chi connectivity index (χ1v) is 9.27. The Morgan fingerprint density at radius 3 is 2.53 bits per heavy atom. The lowest BCUT2D eigenvalue weighted by atomic mass is 10.1. The number of rotatable bonds is 8. The first-order valence-electron chi connectivity index (χ1n) is 9.27. The van der Waals surface area contributed by atoms with Crippen LogP contribution in [0.1, 0.15) is 21.8 Å². The van der Waals surface area contributed by atoms with Crippen molar-refractivity contribution in [3.05, 3.63) is 65.3 Å². The normalized spacial score (nSPS) is 10.5. The van der Waals surface area contributed by atoms with Gasteiger partial charge in [0.25, 0.3) is 5.91 Å². The summed E-state index contributed by atoms with van der Waals surface area (Å²) in [5.74, 6) is -0.660. The van der Waals surface area contributed by atoms with Gasteiger partial charge in [-0.3, -0.25) is 9.59 Å². The zero-order valence-corrected chi connectivity index (χ0v) is 16.6. The van der Waals surface area contributed by atoms with Gasteiger partial charge < -0.3 is 19.9 Å². The van der Waals surface area contributed by atoms with Crippen LogP contribution in [0.5, 0.6) is 5.75 Å². The Morgan fingerprint density at radius 1 is 1.07 bits per heavy atom. The van der Waals surface area contributed by atoms with E-state index >= 15 is 0 Å². The first-order chi connectivity index (χ1) is 14.4. The Balaban J connectivity index is 1.39. The van der Waals surface area contributed by atoms with Crippen LogP contribution in [0.25, 0.3) is 11.4 Å². The Labute approximate surface area is 172 Å². The molecule has 0 saturated heterocycles. The van der Waals surface area contributed by atoms with Gasteiger partial charge in [0, 0.05) is 18.7 Å². The largest absolute Gasteiger partial charge is 0.484 e. The van der Waals surface area contributed by atoms with Crippen LogP contribution < -0.4 is 15.4 Å². The number of benzene rings is 2. The molecule has 1 heterocycles. The number of carbonyl (C=O) groups excluding carboxylic acids is 2. The highest BCUT2D eigenvalue weighted by Gasteiger charge is 2.16. The van der Waals surface area contributed by atoms with Gasteiger partial charge in [0.1, 0.15) is 11.6 Å². The number of carbonyl (C=O) groups is 2. The van der Waals surface area contributed by atoms with Crippen molar-refractivity contribution < 1.29 is 23.2 Å². The van der Waals surface area contributed by atoms with Gasteiger partial charge in [-0.1, -0.05) is 22.9 Å². The molecule has 0 aliphatic heterocycles. The molecule has 0 spiro atoms. The fourth-order valence-electron chi connectivity index (χ4n) is 2.64. The molecule has 8 nitrogen and oxygen atoms in total. The second-order valence-corrected chi connectivity index (χ2v) is 6.59. The van der Waals surface area contributed by atoms with E-state index in [4.69, 9.17) is 9.26 Å². The van der Waals surface area contributed by atoms with Crippen molar-refractivity contribution in [2.75, 3.05) is 19.7 Å². The quantitative estimate of drug-likeness (QED) is 0.551. The van der Waals surface area contributed by atoms with E-state index in [1.54, 1.807) is 0 Å². The van der Waals surface area contributed by atoms with Gasteiger partial charge >= 0.3 is 11.8 Å². The van der Waals surface area contributed by atoms with Gasteiger partial charge in [-0.15, -0.1) is 0 Å². The topological polar surface area (TPSA) is 106 Å². The van der Waals surface area contributed by atoms with Crippen molar-refractivity contribution in [1.29, 1.82) is 0 Å². The van der Waals surface area contributed by atoms with Crippen LogP contribution in [0.2, 0.25) is 0 Å². The summed E-state index contributed by atoms with van der Waals surface area (Å²) in [6, 6.07) is 11.2. The fourth-order valence-corrected chi connectivity index (χ4v) is 2.64. The molecule has 3 rings (SSSR count). The molecule has 0 saturated carbocycles. The van der Waals surface area contributed by atoms with Crippen molar-refractivity contribution in [2.45, 2.75) is 13.8 Å². The highest BCUT2D eigenvalue weighted by molar-refractivity contribution is 5.89. The summed E-state index contributed by atoms with van der Waals surface area (Å²) in [4.78, 5) is 27.9. The highest BCUT2D eigenvalue weighted by Crippen LogP contribution is 2.18. The smallest absolute Gasteiger partial charge is 0.316 e. The molecule has 156 valence electrons. The standard InChI is InChI=1S/C21H21FN4O4/c1-13-3-8-17(14(2)11-13)29-12-18(27)23-9-10-24-20(28)21-25-19(26-30-21)15-4-6-16(22)7-5-15/h3-8,11H,9-10,12H2,1-2H3,(H,23,27)(H,24,28). The van der Waals surface area contributed by atoms with Gasteiger partial charge in [0.15, 0.2) is 6.61 Å². The van der Waals surface area contributed by atoms with Crippen LogP contribution in [-0.2, 0) is 4.79 Å². The van der Waals surface area contributed by atoms with E-state index in [1.807, 2.05) is 32.0 Å². The Morgan fingerprint density at radius 2 is 1.80 bits per heavy atom. The van der Waals surface area contributed by atoms with Crippen molar-refractivity contribution in [3.63, 3.8) is 0 Å². The van der Waals surface area contributed by atoms with E-state index < -0.39 is 5.91 Å². The van der Waals surface area contributed by atoms with Crippen LogP contribution in [0, 0.1) is 19.7 Å². The lowest BCUT2D eigenvalue weighted by molar-refractivity contribution is -0.123. The average Bonchev–Trinajstić information content (AvgIpc) is 3.21. The fraction of sp³-hybridized carbons (Fsp3) is 0.238. The molecule has 1 aromatic heterocycles. The lowest BCUT2D eigenvalue weighted by Gasteiger charge is -2.10. The van der Waals surface area contributed by atoms with E-state index in [-0.39, 0.29) is 43.1 Å². The van der Waals surface area contributed by atoms with Crippen molar-refractivity contribution in [2.24, 2.45) is 0 Å². The molecule has 0 radical (unpaired) electrons. The highest BCUT2D eigenvalue weighted by atomic mass is 19.1. The molecule has 0 fully saturated rings. The summed E-state index contributed by atoms with van der Waals surface area (Å²) in [5.41, 5.74) is 2.59. The van der Waals surface area contributed by atoms with Gasteiger partial charge in [-0.25, -0.2) is 4.39 Å². The van der Waals surface area contributed by atoms with Gasteiger partial charge in [-0.2, -0.15) is 4.98 Å². The summed E-state index contributed by atoms with van der Waals surface area (Å²) in [5, 5.41) is 8.92. The predicted octanol–water partition coefficient (Wildman–Crippen LogP) is 2.42. The van der Waals surface area contributed by atoms with Crippen molar-refractivity contribution in [1.82, 2.24) is 20.8 Å². The van der Waals surface area contributed by atoms with Crippen LogP contribution in [0.15, 0.2) is 47.0 Å². The number of ether oxygens (including phenoxy) is 1. The van der Waals surface area contributed by atoms with E-state index in [1.165, 1.54) is 24.3 Å². The minimum Gasteiger partial charge on any atom is -0.484 e. The third-order valence-corrected chi connectivity index (χ3v) is 4.14. The number of hydrogen-bond donors (Lipinski definition) is 2. The monoisotopic (exact) mass is 412 g/mol. The number of aryl methyl sites for hydroxylation is 2. The zero-order chi connectivity index (χ0) is 21.5. The van der Waals surface area contributed by atoms with Crippen LogP contribution in [0.4, 0.5) is 4.39 Å². The maximum Gasteiger partial charge on any atom is 0.316 e. The second-order valence-electron chi connectivity index (χ2n) is 6.59. The van der Waals surface area contributed by atoms with Crippen molar-refractivity contribution in [3.8, 4) is 17.1 Å². The summed E-state index contributed by atoms with van der Waals surface area (Å²) in [6.45, 7) is 4.15. The molecule has 0 aliphatic carbocycles. The maximum atomic E-state index is 13.0. The zero-order valence-electron chi connectivity index (χ0n) is 16.6. The molecule has 0 bridgehead atoms. The third kappa shape index (κ3) is 5.63. The van der Waals surface area contributed by atoms with Crippen LogP contribution in [0.3, 0.4) is 0 Å². The van der Waals surface area contributed by atoms with Gasteiger partial charge in [0.2, 0.25) is 5.82 Å². The number of nitrogens with zero attached hydrogens (tertiary/aromatic N) is 2. The SMILES string of the molecule is Cc1ccc(OCC(=O)NCCNC(=O)c2nc(-c3ccc(F)cc3)no2)c(C)c1. The minimum atomic E-state index is -0.573. The van der Waals surface area contributed by atoms with Crippen LogP contribution >= 0.6 is 0 Å². The molecule has 0 atom stereocenters. The predicted molar refractivity (Wildman–Crippen MR) is 106 cm³/mol. The van der Waals surface area contributed by atoms with Crippen molar-refractivity contribution >= 4 is 11.8 Å². The Kier molecular flexibility index (Phi) is 6.74. The number of nitrogens with one attached hydrogen (secondary N) is 2. The molecule has 9 heteroatoms. The van der Waals surface area contributed by atoms with E-state index in [0.717, 1.165) is 11.1 Å². The van der Waals surface area contributed by atoms with Gasteiger partial charge in [0.05, 0.1) is 0 Å². The summed E-state index contributed by atoms with van der Waals surface area (Å²) >= 11 is 0. The number of hydrogen-bond acceptors (Lipinski definition) is 6. The summed E-state index contributed by atoms with van der Waals surface area (Å²) < 4.78 is 23.4. The van der Waals surface area contributed by atoms with E-state index in [0.29, 0.717) is 11.3 Å². The molecule has 0 unspecified atom stereocenters. The van der Waals surface area contributed by atoms with E-state index in [2.05, 4.69) is 20.8 Å². The Bertz CT molecular complexity index is 1030. The lowest BCUT2D eigenvalue weighted by Crippen LogP contribution is -2.36. The summed E-state index contributed by atoms with van der Waals surface area (Å²) in [6.07, 6.45) is 0. The maximum absolute atomic E-state index is 13.0. The molecule has 2 aromatic carbocycles. The van der Waals surface area contributed by atoms with Crippen LogP contribution in [-0.4, -0.2) is 41.7 Å². The molecule has 0 aliphatic rings. The summed E-state index contributed by atoms with van der Waals surface area (Å²) in [7, 11) is 0. The third-order valence-electron chi connectivity index (χ3n) is 4.14. The molecule has 30 heavy (non-hydrogen) atoms. The number of amides is 2. The number of halogens is 1. The first kappa shape index (κ1) is 21.0. The number of aromatic nitrogens is 2. The molecule has 2 amide bonds. The Hall–Kier alpha value is -3.75. The molecule has 2 N–H and O–H groups in total. The van der Waals surface area contributed by atoms with E-state index in [9.17, 15) is 14.0 Å². The second kappa shape index (κ2) is 9.64. The minimum absolute atomic E-state index is 0.122. The molecular weight excluding hydrogens is 391 g/mol. The average molecular weight is 412 g/mol. The molecular formula is C21H21FN4O4. The molecule has 3 aromatic rings.